The van der Waals surface area contributed by atoms with Crippen molar-refractivity contribution in [1.82, 2.24) is 24.6 Å². The number of rotatable bonds is 4. The largest absolute Gasteiger partial charge is 0.352 e. The predicted molar refractivity (Wildman–Crippen MR) is 112 cm³/mol. The molecule has 29 heavy (non-hydrogen) atoms. The Hall–Kier alpha value is -2.96. The molecule has 0 saturated carbocycles. The molecule has 0 radical (unpaired) electrons. The lowest BCUT2D eigenvalue weighted by molar-refractivity contribution is -0.131. The minimum absolute atomic E-state index is 0.207. The average molecular weight is 390 g/mol. The zero-order valence-electron chi connectivity index (χ0n) is 16.6. The van der Waals surface area contributed by atoms with E-state index in [4.69, 9.17) is 0 Å². The second kappa shape index (κ2) is 7.81. The number of aromatic nitrogens is 4. The van der Waals surface area contributed by atoms with Crippen LogP contribution in [0.5, 0.6) is 0 Å². The Morgan fingerprint density at radius 2 is 1.83 bits per heavy atom. The fourth-order valence-electron chi connectivity index (χ4n) is 4.38. The van der Waals surface area contributed by atoms with Gasteiger partial charge in [0.2, 0.25) is 5.91 Å². The molecule has 1 saturated heterocycles. The van der Waals surface area contributed by atoms with Crippen LogP contribution in [0, 0.1) is 0 Å². The van der Waals surface area contributed by atoms with E-state index in [1.807, 2.05) is 35.5 Å². The van der Waals surface area contributed by atoms with Crippen LogP contribution in [0.1, 0.15) is 30.5 Å². The molecule has 0 spiro atoms. The number of carbonyl (C=O) groups excluding carboxylic acids is 1. The Bertz CT molecular complexity index is 1020. The van der Waals surface area contributed by atoms with Crippen LogP contribution in [0.2, 0.25) is 0 Å². The van der Waals surface area contributed by atoms with Gasteiger partial charge in [0.1, 0.15) is 0 Å². The molecule has 5 rings (SSSR count). The molecule has 2 aliphatic rings. The van der Waals surface area contributed by atoms with Gasteiger partial charge < -0.3 is 14.4 Å². The van der Waals surface area contributed by atoms with Crippen molar-refractivity contribution >= 4 is 22.8 Å². The van der Waals surface area contributed by atoms with E-state index in [-0.39, 0.29) is 5.91 Å². The number of nitrogens with zero attached hydrogens (tertiary/aromatic N) is 6. The molecule has 1 amide bonds. The summed E-state index contributed by atoms with van der Waals surface area (Å²) in [6.45, 7) is 3.76. The lowest BCUT2D eigenvalue weighted by Crippen LogP contribution is -2.49. The molecule has 0 atom stereocenters. The number of hydrogen-bond donors (Lipinski definition) is 0. The summed E-state index contributed by atoms with van der Waals surface area (Å²) in [7, 11) is 0. The fraction of sp³-hybridized carbons (Fsp3) is 0.455. The molecule has 1 fully saturated rings. The van der Waals surface area contributed by atoms with Gasteiger partial charge in [-0.3, -0.25) is 4.79 Å². The van der Waals surface area contributed by atoms with Gasteiger partial charge in [-0.2, -0.15) is 5.10 Å². The van der Waals surface area contributed by atoms with Gasteiger partial charge in [0.05, 0.1) is 23.1 Å². The monoisotopic (exact) mass is 390 g/mol. The first kappa shape index (κ1) is 18.1. The summed E-state index contributed by atoms with van der Waals surface area (Å²) in [6, 6.07) is 10.2. The first-order valence-corrected chi connectivity index (χ1v) is 10.6. The number of aryl methyl sites for hydroxylation is 3. The quantitative estimate of drug-likeness (QED) is 0.685. The van der Waals surface area contributed by atoms with Crippen molar-refractivity contribution in [3.05, 3.63) is 47.9 Å². The summed E-state index contributed by atoms with van der Waals surface area (Å²) in [5.41, 5.74) is 4.57. The van der Waals surface area contributed by atoms with Crippen molar-refractivity contribution in [3.63, 3.8) is 0 Å². The second-order valence-corrected chi connectivity index (χ2v) is 7.93. The van der Waals surface area contributed by atoms with Gasteiger partial charge in [0.15, 0.2) is 5.82 Å². The van der Waals surface area contributed by atoms with Crippen LogP contribution in [0.25, 0.3) is 11.0 Å². The number of fused-ring (bicyclic) bond motifs is 2. The van der Waals surface area contributed by atoms with E-state index in [2.05, 4.69) is 30.7 Å². The standard InChI is InChI=1S/C22H26N6O/c29-22(9-10-28-16-23-19-7-3-4-8-20(19)28)27-13-11-26(12-14-27)21-15-17-5-1-2-6-18(17)24-25-21/h3-4,7-8,15-16H,1-2,5-6,9-14H2. The van der Waals surface area contributed by atoms with E-state index in [0.717, 1.165) is 55.9 Å². The molecule has 7 nitrogen and oxygen atoms in total. The number of piperazine rings is 1. The maximum absolute atomic E-state index is 12.7. The van der Waals surface area contributed by atoms with Crippen LogP contribution in [0.15, 0.2) is 36.7 Å². The van der Waals surface area contributed by atoms with Gasteiger partial charge in [0.25, 0.3) is 0 Å². The zero-order chi connectivity index (χ0) is 19.6. The van der Waals surface area contributed by atoms with Gasteiger partial charge in [-0.05, 0) is 49.4 Å². The van der Waals surface area contributed by atoms with E-state index in [0.29, 0.717) is 13.0 Å². The minimum Gasteiger partial charge on any atom is -0.352 e. The molecule has 0 bridgehead atoms. The first-order chi connectivity index (χ1) is 14.3. The first-order valence-electron chi connectivity index (χ1n) is 10.6. The number of carbonyl (C=O) groups is 1. The molecule has 3 aromatic rings. The summed E-state index contributed by atoms with van der Waals surface area (Å²) >= 11 is 0. The molecule has 0 N–H and O–H groups in total. The molecular formula is C22H26N6O. The van der Waals surface area contributed by atoms with E-state index < -0.39 is 0 Å². The van der Waals surface area contributed by atoms with E-state index in [9.17, 15) is 4.79 Å². The summed E-state index contributed by atoms with van der Waals surface area (Å²) < 4.78 is 2.06. The Morgan fingerprint density at radius 1 is 1.00 bits per heavy atom. The molecule has 7 heteroatoms. The highest BCUT2D eigenvalue weighted by Gasteiger charge is 2.23. The summed E-state index contributed by atoms with van der Waals surface area (Å²) in [5, 5.41) is 8.90. The number of para-hydroxylation sites is 2. The minimum atomic E-state index is 0.207. The van der Waals surface area contributed by atoms with Crippen molar-refractivity contribution in [3.8, 4) is 0 Å². The normalized spacial score (nSPS) is 16.8. The van der Waals surface area contributed by atoms with Gasteiger partial charge >= 0.3 is 0 Å². The summed E-state index contributed by atoms with van der Waals surface area (Å²) in [5.74, 6) is 1.17. The number of amides is 1. The molecule has 1 aromatic carbocycles. The van der Waals surface area contributed by atoms with Gasteiger partial charge in [-0.15, -0.1) is 5.10 Å². The number of hydrogen-bond acceptors (Lipinski definition) is 5. The Balaban J connectivity index is 1.17. The molecule has 0 unspecified atom stereocenters. The number of anilines is 1. The summed E-state index contributed by atoms with van der Waals surface area (Å²) in [4.78, 5) is 21.3. The van der Waals surface area contributed by atoms with E-state index in [1.54, 1.807) is 0 Å². The van der Waals surface area contributed by atoms with Gasteiger partial charge in [0, 0.05) is 39.1 Å². The van der Waals surface area contributed by atoms with Crippen LogP contribution in [0.4, 0.5) is 5.82 Å². The maximum Gasteiger partial charge on any atom is 0.224 e. The maximum atomic E-state index is 12.7. The third-order valence-corrected chi connectivity index (χ3v) is 6.11. The smallest absolute Gasteiger partial charge is 0.224 e. The molecule has 1 aliphatic heterocycles. The lowest BCUT2D eigenvalue weighted by Gasteiger charge is -2.35. The average Bonchev–Trinajstić information content (AvgIpc) is 3.20. The second-order valence-electron chi connectivity index (χ2n) is 7.93. The fourth-order valence-corrected chi connectivity index (χ4v) is 4.38. The van der Waals surface area contributed by atoms with Crippen LogP contribution >= 0.6 is 0 Å². The highest BCUT2D eigenvalue weighted by atomic mass is 16.2. The van der Waals surface area contributed by atoms with E-state index >= 15 is 0 Å². The number of imidazole rings is 1. The van der Waals surface area contributed by atoms with Crippen molar-refractivity contribution < 1.29 is 4.79 Å². The molecule has 1 aliphatic carbocycles. The lowest BCUT2D eigenvalue weighted by atomic mass is 9.97. The highest BCUT2D eigenvalue weighted by Crippen LogP contribution is 2.23. The summed E-state index contributed by atoms with van der Waals surface area (Å²) in [6.07, 6.45) is 6.95. The van der Waals surface area contributed by atoms with Crippen LogP contribution in [-0.2, 0) is 24.2 Å². The van der Waals surface area contributed by atoms with Crippen molar-refractivity contribution in [1.29, 1.82) is 0 Å². The topological polar surface area (TPSA) is 67.2 Å². The third-order valence-electron chi connectivity index (χ3n) is 6.11. The van der Waals surface area contributed by atoms with Crippen molar-refractivity contribution in [2.24, 2.45) is 0 Å². The Labute approximate surface area is 170 Å². The predicted octanol–water partition coefficient (Wildman–Crippen LogP) is 2.44. The third kappa shape index (κ3) is 3.69. The van der Waals surface area contributed by atoms with E-state index in [1.165, 1.54) is 24.1 Å². The zero-order valence-corrected chi connectivity index (χ0v) is 16.6. The molecule has 3 heterocycles. The van der Waals surface area contributed by atoms with Crippen LogP contribution in [-0.4, -0.2) is 56.7 Å². The highest BCUT2D eigenvalue weighted by molar-refractivity contribution is 5.78. The van der Waals surface area contributed by atoms with Crippen LogP contribution in [0.3, 0.4) is 0 Å². The molecule has 150 valence electrons. The number of benzene rings is 1. The Morgan fingerprint density at radius 3 is 2.72 bits per heavy atom. The molecule has 2 aromatic heterocycles. The van der Waals surface area contributed by atoms with Crippen LogP contribution < -0.4 is 4.90 Å². The Kier molecular flexibility index (Phi) is 4.87. The van der Waals surface area contributed by atoms with Gasteiger partial charge in [-0.1, -0.05) is 12.1 Å². The van der Waals surface area contributed by atoms with Crippen molar-refractivity contribution in [2.75, 3.05) is 31.1 Å². The van der Waals surface area contributed by atoms with Crippen molar-refractivity contribution in [2.45, 2.75) is 38.6 Å². The van der Waals surface area contributed by atoms with Gasteiger partial charge in [-0.25, -0.2) is 4.98 Å². The SMILES string of the molecule is O=C(CCn1cnc2ccccc21)N1CCN(c2cc3c(nn2)CCCC3)CC1. The molecular weight excluding hydrogens is 364 g/mol.